The molecule has 2 rings (SSSR count). The fraction of sp³-hybridized carbons (Fsp3) is 0.364. The molecule has 2 amide bonds. The minimum absolute atomic E-state index is 0.0613. The van der Waals surface area contributed by atoms with Gasteiger partial charge in [-0.3, -0.25) is 9.59 Å². The minimum Gasteiger partial charge on any atom is -0.494 e. The van der Waals surface area contributed by atoms with E-state index in [9.17, 15) is 9.59 Å². The summed E-state index contributed by atoms with van der Waals surface area (Å²) in [5.74, 6) is 0.562. The number of ether oxygens (including phenoxy) is 1. The highest BCUT2D eigenvalue weighted by Gasteiger charge is 2.21. The normalized spacial score (nSPS) is 10.9. The molecule has 6 heteroatoms. The number of amides is 2. The Morgan fingerprint density at radius 1 is 0.929 bits per heavy atom. The molecule has 0 aliphatic carbocycles. The zero-order chi connectivity index (χ0) is 20.6. The van der Waals surface area contributed by atoms with Crippen LogP contribution in [0.3, 0.4) is 0 Å². The molecule has 0 saturated heterocycles. The fourth-order valence-corrected chi connectivity index (χ4v) is 2.27. The van der Waals surface area contributed by atoms with Gasteiger partial charge in [0.05, 0.1) is 13.2 Å². The molecule has 0 aromatic heterocycles. The predicted molar refractivity (Wildman–Crippen MR) is 114 cm³/mol. The molecule has 0 radical (unpaired) electrons. The number of rotatable bonds is 8. The topological polar surface area (TPSA) is 79.5 Å². The number of carbonyl (C=O) groups excluding carboxylic acids is 2. The molecular weight excluding hydrogens is 354 g/mol. The summed E-state index contributed by atoms with van der Waals surface area (Å²) in [5, 5.41) is 8.78. The van der Waals surface area contributed by atoms with Crippen molar-refractivity contribution in [1.82, 2.24) is 0 Å². The predicted octanol–water partition coefficient (Wildman–Crippen LogP) is 4.51. The summed E-state index contributed by atoms with van der Waals surface area (Å²) in [6, 6.07) is 14.6. The lowest BCUT2D eigenvalue weighted by atomic mass is 9.95. The van der Waals surface area contributed by atoms with Crippen LogP contribution in [0.25, 0.3) is 0 Å². The molecule has 150 valence electrons. The number of hydrogen-bond acceptors (Lipinski definition) is 4. The SMILES string of the molecule is CCCOc1ccc(NC(=O)CNc2cccc(NC(=O)C(C)(C)C)c2)cc1. The van der Waals surface area contributed by atoms with Crippen LogP contribution in [0.2, 0.25) is 0 Å². The average Bonchev–Trinajstić information content (AvgIpc) is 2.65. The van der Waals surface area contributed by atoms with Gasteiger partial charge in [0.15, 0.2) is 0 Å². The smallest absolute Gasteiger partial charge is 0.243 e. The molecule has 0 heterocycles. The molecule has 0 saturated carbocycles. The van der Waals surface area contributed by atoms with Crippen molar-refractivity contribution in [3.05, 3.63) is 48.5 Å². The van der Waals surface area contributed by atoms with Gasteiger partial charge in [-0.2, -0.15) is 0 Å². The Morgan fingerprint density at radius 2 is 1.61 bits per heavy atom. The second-order valence-corrected chi connectivity index (χ2v) is 7.56. The van der Waals surface area contributed by atoms with E-state index >= 15 is 0 Å². The molecule has 0 aliphatic rings. The van der Waals surface area contributed by atoms with E-state index in [1.54, 1.807) is 6.07 Å². The standard InChI is InChI=1S/C22H29N3O3/c1-5-13-28-19-11-9-16(10-12-19)24-20(26)15-23-17-7-6-8-18(14-17)25-21(27)22(2,3)4/h6-12,14,23H,5,13,15H2,1-4H3,(H,24,26)(H,25,27). The van der Waals surface area contributed by atoms with Crippen molar-refractivity contribution in [2.45, 2.75) is 34.1 Å². The summed E-state index contributed by atoms with van der Waals surface area (Å²) in [7, 11) is 0. The van der Waals surface area contributed by atoms with Gasteiger partial charge in [0.25, 0.3) is 0 Å². The van der Waals surface area contributed by atoms with Gasteiger partial charge in [-0.05, 0) is 48.9 Å². The number of nitrogens with one attached hydrogen (secondary N) is 3. The maximum absolute atomic E-state index is 12.2. The second kappa shape index (κ2) is 9.78. The van der Waals surface area contributed by atoms with Gasteiger partial charge in [0.2, 0.25) is 11.8 Å². The lowest BCUT2D eigenvalue weighted by Gasteiger charge is -2.18. The first kappa shape index (κ1) is 21.3. The molecule has 2 aromatic rings. The Hall–Kier alpha value is -3.02. The van der Waals surface area contributed by atoms with Crippen LogP contribution in [-0.4, -0.2) is 25.0 Å². The van der Waals surface area contributed by atoms with Crippen molar-refractivity contribution in [2.75, 3.05) is 29.1 Å². The molecule has 0 unspecified atom stereocenters. The van der Waals surface area contributed by atoms with E-state index in [2.05, 4.69) is 22.9 Å². The van der Waals surface area contributed by atoms with E-state index in [-0.39, 0.29) is 18.4 Å². The summed E-state index contributed by atoms with van der Waals surface area (Å²) in [6.07, 6.45) is 0.950. The van der Waals surface area contributed by atoms with Gasteiger partial charge in [0, 0.05) is 22.5 Å². The van der Waals surface area contributed by atoms with Gasteiger partial charge in [0.1, 0.15) is 5.75 Å². The van der Waals surface area contributed by atoms with Crippen LogP contribution in [0, 0.1) is 5.41 Å². The van der Waals surface area contributed by atoms with Crippen LogP contribution in [0.5, 0.6) is 5.75 Å². The molecular formula is C22H29N3O3. The van der Waals surface area contributed by atoms with Crippen LogP contribution < -0.4 is 20.7 Å². The largest absolute Gasteiger partial charge is 0.494 e. The minimum atomic E-state index is -0.472. The Morgan fingerprint density at radius 3 is 2.25 bits per heavy atom. The van der Waals surface area contributed by atoms with Crippen LogP contribution in [0.1, 0.15) is 34.1 Å². The molecule has 2 aromatic carbocycles. The van der Waals surface area contributed by atoms with Crippen molar-refractivity contribution in [3.8, 4) is 5.75 Å². The first-order valence-electron chi connectivity index (χ1n) is 9.46. The Kier molecular flexibility index (Phi) is 7.44. The van der Waals surface area contributed by atoms with Crippen LogP contribution in [0.15, 0.2) is 48.5 Å². The highest BCUT2D eigenvalue weighted by molar-refractivity contribution is 5.95. The van der Waals surface area contributed by atoms with E-state index in [1.165, 1.54) is 0 Å². The summed E-state index contributed by atoms with van der Waals surface area (Å²) in [6.45, 7) is 8.41. The molecule has 28 heavy (non-hydrogen) atoms. The lowest BCUT2D eigenvalue weighted by Crippen LogP contribution is -2.27. The highest BCUT2D eigenvalue weighted by atomic mass is 16.5. The van der Waals surface area contributed by atoms with E-state index in [0.29, 0.717) is 18.0 Å². The number of carbonyl (C=O) groups is 2. The third kappa shape index (κ3) is 6.95. The molecule has 0 atom stereocenters. The van der Waals surface area contributed by atoms with Crippen LogP contribution in [-0.2, 0) is 9.59 Å². The summed E-state index contributed by atoms with van der Waals surface area (Å²) >= 11 is 0. The Bertz CT molecular complexity index is 795. The maximum Gasteiger partial charge on any atom is 0.243 e. The third-order valence-corrected chi connectivity index (χ3v) is 3.87. The van der Waals surface area contributed by atoms with E-state index in [1.807, 2.05) is 63.2 Å². The van der Waals surface area contributed by atoms with Gasteiger partial charge >= 0.3 is 0 Å². The molecule has 3 N–H and O–H groups in total. The lowest BCUT2D eigenvalue weighted by molar-refractivity contribution is -0.123. The summed E-state index contributed by atoms with van der Waals surface area (Å²) in [4.78, 5) is 24.3. The van der Waals surface area contributed by atoms with E-state index in [0.717, 1.165) is 17.9 Å². The van der Waals surface area contributed by atoms with Crippen molar-refractivity contribution in [1.29, 1.82) is 0 Å². The number of benzene rings is 2. The van der Waals surface area contributed by atoms with E-state index < -0.39 is 5.41 Å². The average molecular weight is 383 g/mol. The van der Waals surface area contributed by atoms with Gasteiger partial charge in [-0.1, -0.05) is 33.8 Å². The first-order valence-corrected chi connectivity index (χ1v) is 9.46. The number of hydrogen-bond donors (Lipinski definition) is 3. The molecule has 6 nitrogen and oxygen atoms in total. The van der Waals surface area contributed by atoms with Gasteiger partial charge in [-0.15, -0.1) is 0 Å². The molecule has 0 spiro atoms. The molecule has 0 bridgehead atoms. The van der Waals surface area contributed by atoms with Crippen molar-refractivity contribution in [3.63, 3.8) is 0 Å². The summed E-state index contributed by atoms with van der Waals surface area (Å²) in [5.41, 5.74) is 1.68. The van der Waals surface area contributed by atoms with Crippen LogP contribution >= 0.6 is 0 Å². The third-order valence-electron chi connectivity index (χ3n) is 3.87. The fourth-order valence-electron chi connectivity index (χ4n) is 2.27. The van der Waals surface area contributed by atoms with E-state index in [4.69, 9.17) is 4.74 Å². The first-order chi connectivity index (χ1) is 13.3. The summed E-state index contributed by atoms with van der Waals surface area (Å²) < 4.78 is 5.53. The zero-order valence-electron chi connectivity index (χ0n) is 17.0. The van der Waals surface area contributed by atoms with Crippen molar-refractivity contribution < 1.29 is 14.3 Å². The van der Waals surface area contributed by atoms with Gasteiger partial charge in [-0.25, -0.2) is 0 Å². The van der Waals surface area contributed by atoms with Gasteiger partial charge < -0.3 is 20.7 Å². The molecule has 0 fully saturated rings. The Balaban J connectivity index is 1.85. The highest BCUT2D eigenvalue weighted by Crippen LogP contribution is 2.20. The maximum atomic E-state index is 12.2. The number of anilines is 3. The van der Waals surface area contributed by atoms with Crippen LogP contribution in [0.4, 0.5) is 17.1 Å². The van der Waals surface area contributed by atoms with Crippen molar-refractivity contribution in [2.24, 2.45) is 5.41 Å². The monoisotopic (exact) mass is 383 g/mol. The zero-order valence-corrected chi connectivity index (χ0v) is 17.0. The second-order valence-electron chi connectivity index (χ2n) is 7.56. The van der Waals surface area contributed by atoms with Crippen molar-refractivity contribution >= 4 is 28.9 Å². The quantitative estimate of drug-likeness (QED) is 0.627. The Labute approximate surface area is 166 Å². The molecule has 0 aliphatic heterocycles.